The topological polar surface area (TPSA) is 183 Å². The predicted molar refractivity (Wildman–Crippen MR) is 231 cm³/mol. The normalized spacial score (nSPS) is 16.6. The molecule has 1 unspecified atom stereocenters. The van der Waals surface area contributed by atoms with Crippen molar-refractivity contribution >= 4 is 91.1 Å². The molecule has 0 spiro atoms. The minimum Gasteiger partial charge on any atom is -0.871 e. The number of quaternary nitrogens is 1. The zero-order valence-electron chi connectivity index (χ0n) is 33.9. The van der Waals surface area contributed by atoms with Crippen molar-refractivity contribution < 1.29 is 105 Å². The number of carbonyl (C=O) groups excluding carboxylic acids is 1. The number of fused-ring (bicyclic) bond motifs is 2. The van der Waals surface area contributed by atoms with Crippen molar-refractivity contribution in [2.24, 2.45) is 5.92 Å². The maximum atomic E-state index is 12.4. The van der Waals surface area contributed by atoms with Gasteiger partial charge >= 0.3 is 59.1 Å². The molecule has 0 aromatic heterocycles. The summed E-state index contributed by atoms with van der Waals surface area (Å²) in [4.78, 5) is 26.7. The first-order valence-electron chi connectivity index (χ1n) is 18.4. The summed E-state index contributed by atoms with van der Waals surface area (Å²) in [6, 6.07) is 19.9. The Morgan fingerprint density at radius 3 is 2.05 bits per heavy atom. The first-order valence-corrected chi connectivity index (χ1v) is 22.9. The number of β-amino-alcohol motifs (C(OH)–C–C–N with tert-alkyl or cyclic N) is 1. The van der Waals surface area contributed by atoms with Gasteiger partial charge in [-0.2, -0.15) is 0 Å². The van der Waals surface area contributed by atoms with Crippen LogP contribution in [0.15, 0.2) is 93.8 Å². The molecule has 0 amide bonds. The van der Waals surface area contributed by atoms with E-state index in [1.807, 2.05) is 6.07 Å². The molecule has 0 radical (unpaired) electrons. The Kier molecular flexibility index (Phi) is 20.5. The number of benzene rings is 4. The Balaban J connectivity index is 0.000000279. The number of rotatable bonds is 7. The van der Waals surface area contributed by atoms with E-state index < -0.39 is 22.0 Å². The van der Waals surface area contributed by atoms with Gasteiger partial charge in [-0.15, -0.1) is 0 Å². The summed E-state index contributed by atoms with van der Waals surface area (Å²) in [5.74, 6) is -1.09. The van der Waals surface area contributed by atoms with Crippen LogP contribution in [0.25, 0.3) is 33.4 Å². The van der Waals surface area contributed by atoms with Crippen molar-refractivity contribution in [3.05, 3.63) is 106 Å². The fourth-order valence-corrected chi connectivity index (χ4v) is 9.87. The number of halogens is 4. The van der Waals surface area contributed by atoms with E-state index in [4.69, 9.17) is 4.42 Å². The summed E-state index contributed by atoms with van der Waals surface area (Å²) >= 11 is 13.0. The van der Waals surface area contributed by atoms with E-state index in [9.17, 15) is 37.9 Å². The molecule has 60 heavy (non-hydrogen) atoms. The first-order chi connectivity index (χ1) is 27.3. The summed E-state index contributed by atoms with van der Waals surface area (Å²) < 4.78 is 38.9. The van der Waals surface area contributed by atoms with E-state index in [1.54, 1.807) is 30.3 Å². The van der Waals surface area contributed by atoms with Gasteiger partial charge in [0.15, 0.2) is 5.76 Å². The van der Waals surface area contributed by atoms with Crippen molar-refractivity contribution in [2.75, 3.05) is 53.9 Å². The number of hydrogen-bond acceptors (Lipinski definition) is 11. The third-order valence-electron chi connectivity index (χ3n) is 10.7. The summed E-state index contributed by atoms with van der Waals surface area (Å²) in [6.45, 7) is 5.33. The number of aromatic carboxylic acids is 1. The molecule has 1 N–H and O–H groups in total. The second-order valence-electron chi connectivity index (χ2n) is 14.9. The average Bonchev–Trinajstić information content (AvgIpc) is 3.20. The number of piperazine rings is 1. The Bertz CT molecular complexity index is 2410. The monoisotopic (exact) mass is 1120 g/mol. The van der Waals surface area contributed by atoms with Crippen molar-refractivity contribution in [2.45, 2.75) is 37.7 Å². The van der Waals surface area contributed by atoms with Crippen LogP contribution < -0.4 is 74.8 Å². The quantitative estimate of drug-likeness (QED) is 0.0808. The Morgan fingerprint density at radius 1 is 0.917 bits per heavy atom. The number of carboxylic acid groups (broad SMARTS) is 1. The van der Waals surface area contributed by atoms with Gasteiger partial charge in [-0.05, 0) is 89.8 Å². The summed E-state index contributed by atoms with van der Waals surface area (Å²) in [5.41, 5.74) is 1.60. The number of hydrogen-bond donors (Lipinski definition) is 1. The maximum absolute atomic E-state index is 12.4. The zero-order chi connectivity index (χ0) is 42.6. The molecule has 19 heteroatoms. The van der Waals surface area contributed by atoms with Gasteiger partial charge in [-0.1, -0.05) is 95.5 Å². The molecule has 2 aliphatic carbocycles. The molecule has 3 aromatic carbocycles. The van der Waals surface area contributed by atoms with Gasteiger partial charge in [0.05, 0.1) is 49.2 Å². The van der Waals surface area contributed by atoms with E-state index in [-0.39, 0.29) is 105 Å². The van der Waals surface area contributed by atoms with Gasteiger partial charge in [-0.3, -0.25) is 13.9 Å². The van der Waals surface area contributed by atoms with E-state index in [2.05, 4.69) is 111 Å². The first kappa shape index (κ1) is 53.6. The van der Waals surface area contributed by atoms with E-state index in [0.717, 1.165) is 36.8 Å². The number of likely N-dealkylation sites (N-methyl/N-ethyl adjacent to an activating group) is 1. The molecule has 2 aliphatic heterocycles. The standard InChI is InChI=1S/C20H8Br4O5.C20H33N2O.CH4O4S.2Na/c21-11-5-9-13(7-3-1-2-4-8(7)20(27)28)10-6-12(22)17(26)15(24)19(10)29-18(9)14(23)16(11)25;1-22(2)15-13-21(14-16-22)17-20(23,18-9-5-3-6-10-18)19-11-7-4-8-12-19;1-5-6(2,3)4;;/h1-6,25H,(H,27,28);3,5-6,9-10,19,23H,4,7-8,11-17H2,1-2H3;1H3,(H,2,3,4);;/q;+1;;2*+1/p-3. The molecule has 2 heterocycles. The molecule has 1 saturated carbocycles. The van der Waals surface area contributed by atoms with Crippen molar-refractivity contribution in [1.29, 1.82) is 0 Å². The number of carbonyl (C=O) groups is 1. The van der Waals surface area contributed by atoms with Crippen molar-refractivity contribution in [3.8, 4) is 28.2 Å². The molecule has 4 aliphatic rings. The van der Waals surface area contributed by atoms with Gasteiger partial charge in [-0.25, -0.2) is 8.42 Å². The zero-order valence-corrected chi connectivity index (χ0v) is 45.1. The summed E-state index contributed by atoms with van der Waals surface area (Å²) in [6.07, 6.45) is 6.20. The second kappa shape index (κ2) is 23.0. The molecule has 1 saturated heterocycles. The third kappa shape index (κ3) is 13.0. The Hall–Kier alpha value is -0.710. The molecule has 2 fully saturated rings. The Labute approximate surface area is 428 Å². The molecule has 3 aromatic rings. The van der Waals surface area contributed by atoms with E-state index in [0.29, 0.717) is 28.0 Å². The molecule has 7 rings (SSSR count). The van der Waals surface area contributed by atoms with Crippen LogP contribution in [-0.2, 0) is 20.2 Å². The maximum Gasteiger partial charge on any atom is 1.00 e. The molecule has 1 atom stereocenters. The third-order valence-corrected chi connectivity index (χ3v) is 13.7. The van der Waals surface area contributed by atoms with Gasteiger partial charge in [0, 0.05) is 46.2 Å². The van der Waals surface area contributed by atoms with Crippen LogP contribution in [0.3, 0.4) is 0 Å². The number of nitrogens with zero attached hydrogens (tertiary/aromatic N) is 2. The van der Waals surface area contributed by atoms with E-state index >= 15 is 0 Å². The average molecular weight is 1120 g/mol. The van der Waals surface area contributed by atoms with Gasteiger partial charge < -0.3 is 33.6 Å². The smallest absolute Gasteiger partial charge is 0.871 e. The summed E-state index contributed by atoms with van der Waals surface area (Å²) in [5, 5.41) is 36.4. The van der Waals surface area contributed by atoms with Crippen LogP contribution in [0.2, 0.25) is 0 Å². The van der Waals surface area contributed by atoms with Gasteiger partial charge in [0.1, 0.15) is 15.7 Å². The minimum absolute atomic E-state index is 0. The SMILES string of the molecule is COS(=O)(=O)[O-].C[N+]1(C)CCN(CC(O)(c2ccccc2)C2CCCCC2)CC1.O=C([O-])c1ccccc1-c1c2cc(Br)c(=O)c(Br)c-2oc2c(Br)c([O-])c(Br)cc12.[Na+].[Na+]. The second-order valence-corrected chi connectivity index (χ2v) is 19.4. The van der Waals surface area contributed by atoms with Gasteiger partial charge in [0.25, 0.3) is 0 Å². The largest absolute Gasteiger partial charge is 1.00 e. The fraction of sp³-hybridized carbons (Fsp3) is 0.366. The number of aliphatic hydroxyl groups is 1. The number of carboxylic acids is 1. The summed E-state index contributed by atoms with van der Waals surface area (Å²) in [7, 11) is 1.01. The molecular formula is C41H42Br4N2Na2O10S. The van der Waals surface area contributed by atoms with Crippen LogP contribution >= 0.6 is 63.7 Å². The molecular weight excluding hydrogens is 1080 g/mol. The van der Waals surface area contributed by atoms with Crippen molar-refractivity contribution in [1.82, 2.24) is 4.90 Å². The Morgan fingerprint density at radius 2 is 1.48 bits per heavy atom. The van der Waals surface area contributed by atoms with Crippen LogP contribution in [0, 0.1) is 5.92 Å². The predicted octanol–water partition coefficient (Wildman–Crippen LogP) is 0.999. The van der Waals surface area contributed by atoms with Crippen LogP contribution in [0.4, 0.5) is 0 Å². The van der Waals surface area contributed by atoms with E-state index in [1.165, 1.54) is 51.3 Å². The molecule has 312 valence electrons. The molecule has 0 bridgehead atoms. The molecule has 12 nitrogen and oxygen atoms in total. The van der Waals surface area contributed by atoms with Crippen molar-refractivity contribution in [3.63, 3.8) is 0 Å². The van der Waals surface area contributed by atoms with Crippen LogP contribution in [-0.4, -0.2) is 87.4 Å². The van der Waals surface area contributed by atoms with Crippen LogP contribution in [0.5, 0.6) is 5.75 Å². The van der Waals surface area contributed by atoms with Crippen LogP contribution in [0.1, 0.15) is 48.0 Å². The fourth-order valence-electron chi connectivity index (χ4n) is 7.47. The minimum atomic E-state index is -4.41. The van der Waals surface area contributed by atoms with Gasteiger partial charge in [0.2, 0.25) is 15.8 Å².